The third kappa shape index (κ3) is 2.95. The van der Waals surface area contributed by atoms with E-state index in [1.807, 2.05) is 11.8 Å². The van der Waals surface area contributed by atoms with Crippen molar-refractivity contribution in [2.24, 2.45) is 5.73 Å². The number of nitrogens with zero attached hydrogens (tertiary/aromatic N) is 1. The molecule has 1 aromatic heterocycles. The first kappa shape index (κ1) is 13.6. The van der Waals surface area contributed by atoms with Crippen LogP contribution in [0.1, 0.15) is 30.2 Å². The summed E-state index contributed by atoms with van der Waals surface area (Å²) >= 11 is 6.95. The maximum absolute atomic E-state index is 5.80. The molecule has 0 amide bonds. The van der Waals surface area contributed by atoms with Crippen LogP contribution in [-0.4, -0.2) is 28.0 Å². The third-order valence-corrected chi connectivity index (χ3v) is 4.17. The second-order valence-corrected chi connectivity index (χ2v) is 6.06. The summed E-state index contributed by atoms with van der Waals surface area (Å²) in [5.41, 5.74) is 9.20. The van der Waals surface area contributed by atoms with Gasteiger partial charge < -0.3 is 11.1 Å². The lowest BCUT2D eigenvalue weighted by Gasteiger charge is -2.17. The van der Waals surface area contributed by atoms with Gasteiger partial charge in [0.2, 0.25) is 0 Å². The Morgan fingerprint density at radius 3 is 3.06 bits per heavy atom. The van der Waals surface area contributed by atoms with Gasteiger partial charge in [-0.15, -0.1) is 0 Å². The molecule has 0 spiro atoms. The predicted molar refractivity (Wildman–Crippen MR) is 83.6 cm³/mol. The zero-order valence-electron chi connectivity index (χ0n) is 10.8. The van der Waals surface area contributed by atoms with Crippen LogP contribution in [0.15, 0.2) is 6.07 Å². The molecule has 0 bridgehead atoms. The van der Waals surface area contributed by atoms with Crippen molar-refractivity contribution < 1.29 is 0 Å². The van der Waals surface area contributed by atoms with Gasteiger partial charge in [-0.25, -0.2) is 4.98 Å². The first-order valence-corrected chi connectivity index (χ1v) is 8.00. The largest absolute Gasteiger partial charge is 0.389 e. The Bertz CT molecular complexity index is 460. The van der Waals surface area contributed by atoms with Gasteiger partial charge in [0.1, 0.15) is 10.8 Å². The van der Waals surface area contributed by atoms with E-state index in [9.17, 15) is 0 Å². The van der Waals surface area contributed by atoms with Crippen molar-refractivity contribution in [3.63, 3.8) is 0 Å². The highest BCUT2D eigenvalue weighted by Gasteiger charge is 2.18. The van der Waals surface area contributed by atoms with E-state index in [2.05, 4.69) is 24.6 Å². The summed E-state index contributed by atoms with van der Waals surface area (Å²) in [6.45, 7) is 2.15. The number of nitrogens with one attached hydrogen (secondary N) is 1. The van der Waals surface area contributed by atoms with E-state index < -0.39 is 0 Å². The summed E-state index contributed by atoms with van der Waals surface area (Å²) in [4.78, 5) is 5.14. The van der Waals surface area contributed by atoms with E-state index in [1.54, 1.807) is 0 Å². The van der Waals surface area contributed by atoms with Crippen molar-refractivity contribution >= 4 is 34.8 Å². The lowest BCUT2D eigenvalue weighted by molar-refractivity contribution is 0.884. The van der Waals surface area contributed by atoms with Crippen molar-refractivity contribution in [1.29, 1.82) is 0 Å². The molecular formula is C13H19N3S2. The minimum atomic E-state index is 0.361. The summed E-state index contributed by atoms with van der Waals surface area (Å²) in [5.74, 6) is 1.89. The van der Waals surface area contributed by atoms with E-state index >= 15 is 0 Å². The number of nitrogens with two attached hydrogens (primary N) is 1. The van der Waals surface area contributed by atoms with Crippen LogP contribution in [0.2, 0.25) is 0 Å². The lowest BCUT2D eigenvalue weighted by atomic mass is 10.1. The number of aryl methyl sites for hydroxylation is 2. The molecule has 1 atom stereocenters. The second kappa shape index (κ2) is 5.89. The quantitative estimate of drug-likeness (QED) is 0.812. The van der Waals surface area contributed by atoms with E-state index in [4.69, 9.17) is 22.9 Å². The maximum atomic E-state index is 5.80. The van der Waals surface area contributed by atoms with Crippen molar-refractivity contribution in [1.82, 2.24) is 4.98 Å². The molecule has 3 nitrogen and oxygen atoms in total. The van der Waals surface area contributed by atoms with E-state index in [0.717, 1.165) is 30.0 Å². The Labute approximate surface area is 118 Å². The molecule has 5 heteroatoms. The number of anilines is 1. The monoisotopic (exact) mass is 281 g/mol. The number of aromatic nitrogens is 1. The second-order valence-electron chi connectivity index (χ2n) is 4.71. The van der Waals surface area contributed by atoms with Gasteiger partial charge in [0.15, 0.2) is 0 Å². The fourth-order valence-electron chi connectivity index (χ4n) is 2.29. The summed E-state index contributed by atoms with van der Waals surface area (Å²) in [6, 6.07) is 2.48. The molecule has 1 aliphatic carbocycles. The van der Waals surface area contributed by atoms with Crippen molar-refractivity contribution in [2.45, 2.75) is 32.2 Å². The number of thioether (sulfide) groups is 1. The Hall–Kier alpha value is -0.810. The van der Waals surface area contributed by atoms with Crippen molar-refractivity contribution in [3.05, 3.63) is 22.9 Å². The molecule has 0 radical (unpaired) electrons. The summed E-state index contributed by atoms with van der Waals surface area (Å²) < 4.78 is 0. The first-order valence-electron chi connectivity index (χ1n) is 6.20. The summed E-state index contributed by atoms with van der Waals surface area (Å²) in [5, 5.41) is 3.42. The number of rotatable bonds is 5. The molecule has 98 valence electrons. The van der Waals surface area contributed by atoms with Crippen LogP contribution in [0, 0.1) is 0 Å². The number of thiocarbonyl (C=S) groups is 1. The zero-order chi connectivity index (χ0) is 13.1. The van der Waals surface area contributed by atoms with Crippen LogP contribution in [0.5, 0.6) is 0 Å². The van der Waals surface area contributed by atoms with Crippen molar-refractivity contribution in [2.75, 3.05) is 17.3 Å². The zero-order valence-corrected chi connectivity index (χ0v) is 12.5. The number of pyridine rings is 1. The van der Waals surface area contributed by atoms with Gasteiger partial charge in [-0.2, -0.15) is 11.8 Å². The molecule has 1 aliphatic rings. The van der Waals surface area contributed by atoms with Gasteiger partial charge in [0.05, 0.1) is 5.56 Å². The van der Waals surface area contributed by atoms with Crippen molar-refractivity contribution in [3.8, 4) is 0 Å². The van der Waals surface area contributed by atoms with Crippen LogP contribution in [0.25, 0.3) is 0 Å². The molecule has 1 heterocycles. The Morgan fingerprint density at radius 1 is 1.61 bits per heavy atom. The minimum Gasteiger partial charge on any atom is -0.389 e. The number of hydrogen-bond acceptors (Lipinski definition) is 4. The molecule has 3 N–H and O–H groups in total. The molecule has 0 aliphatic heterocycles. The van der Waals surface area contributed by atoms with Gasteiger partial charge in [0.25, 0.3) is 0 Å². The maximum Gasteiger partial charge on any atom is 0.136 e. The molecule has 1 aromatic rings. The van der Waals surface area contributed by atoms with Crippen LogP contribution >= 0.6 is 24.0 Å². The fraction of sp³-hybridized carbons (Fsp3) is 0.538. The SMILES string of the molecule is CSCC(C)Nc1nc2c(cc1C(N)=S)CCC2. The minimum absolute atomic E-state index is 0.361. The smallest absolute Gasteiger partial charge is 0.136 e. The van der Waals surface area contributed by atoms with E-state index in [-0.39, 0.29) is 0 Å². The van der Waals surface area contributed by atoms with Gasteiger partial charge >= 0.3 is 0 Å². The standard InChI is InChI=1S/C13H19N3S2/c1-8(7-18-2)15-13-10(12(14)17)6-9-4-3-5-11(9)16-13/h6,8H,3-5,7H2,1-2H3,(H2,14,17)(H,15,16). The highest BCUT2D eigenvalue weighted by molar-refractivity contribution is 7.98. The lowest BCUT2D eigenvalue weighted by Crippen LogP contribution is -2.23. The average Bonchev–Trinajstić information content (AvgIpc) is 2.74. The van der Waals surface area contributed by atoms with Gasteiger partial charge in [-0.05, 0) is 44.1 Å². The Balaban J connectivity index is 2.29. The van der Waals surface area contributed by atoms with Crippen LogP contribution in [0.4, 0.5) is 5.82 Å². The molecular weight excluding hydrogens is 262 g/mol. The summed E-state index contributed by atoms with van der Waals surface area (Å²) in [7, 11) is 0. The molecule has 0 aromatic carbocycles. The number of hydrogen-bond donors (Lipinski definition) is 2. The fourth-order valence-corrected chi connectivity index (χ4v) is 3.03. The summed E-state index contributed by atoms with van der Waals surface area (Å²) in [6.07, 6.45) is 5.45. The normalized spacial score (nSPS) is 15.2. The number of fused-ring (bicyclic) bond motifs is 1. The molecule has 1 unspecified atom stereocenters. The van der Waals surface area contributed by atoms with E-state index in [1.165, 1.54) is 17.7 Å². The highest BCUT2D eigenvalue weighted by atomic mass is 32.2. The Morgan fingerprint density at radius 2 is 2.39 bits per heavy atom. The predicted octanol–water partition coefficient (Wildman–Crippen LogP) is 2.37. The topological polar surface area (TPSA) is 50.9 Å². The third-order valence-electron chi connectivity index (χ3n) is 3.12. The molecule has 18 heavy (non-hydrogen) atoms. The van der Waals surface area contributed by atoms with Gasteiger partial charge in [0, 0.05) is 17.5 Å². The van der Waals surface area contributed by atoms with Crippen LogP contribution in [-0.2, 0) is 12.8 Å². The first-order chi connectivity index (χ1) is 8.61. The molecule has 0 saturated carbocycles. The van der Waals surface area contributed by atoms with E-state index in [0.29, 0.717) is 11.0 Å². The molecule has 2 rings (SSSR count). The van der Waals surface area contributed by atoms with Crippen LogP contribution in [0.3, 0.4) is 0 Å². The van der Waals surface area contributed by atoms with Gasteiger partial charge in [-0.1, -0.05) is 12.2 Å². The molecule has 0 fully saturated rings. The average molecular weight is 281 g/mol. The van der Waals surface area contributed by atoms with Gasteiger partial charge in [-0.3, -0.25) is 0 Å². The Kier molecular flexibility index (Phi) is 4.45. The highest BCUT2D eigenvalue weighted by Crippen LogP contribution is 2.25. The van der Waals surface area contributed by atoms with Crippen LogP contribution < -0.4 is 11.1 Å². The molecule has 0 saturated heterocycles.